The van der Waals surface area contributed by atoms with Crippen molar-refractivity contribution in [1.82, 2.24) is 15.4 Å². The number of carbonyl (C=O) groups is 1. The molecule has 2 rings (SSSR count). The van der Waals surface area contributed by atoms with Crippen molar-refractivity contribution >= 4 is 12.1 Å². The van der Waals surface area contributed by atoms with Crippen LogP contribution in [0.2, 0.25) is 0 Å². The van der Waals surface area contributed by atoms with Gasteiger partial charge in [-0.15, -0.1) is 0 Å². The van der Waals surface area contributed by atoms with Crippen LogP contribution in [-0.2, 0) is 11.2 Å². The molecule has 0 atom stereocenters. The largest absolute Gasteiger partial charge is 0.325 e. The van der Waals surface area contributed by atoms with Gasteiger partial charge in [-0.2, -0.15) is 5.10 Å². The minimum Gasteiger partial charge on any atom is -0.311 e. The maximum atomic E-state index is 11.8. The van der Waals surface area contributed by atoms with E-state index >= 15 is 0 Å². The molecule has 7 nitrogen and oxygen atoms in total. The molecule has 0 aliphatic carbocycles. The highest BCUT2D eigenvalue weighted by molar-refractivity contribution is 5.83. The number of hydrazone groups is 1. The van der Waals surface area contributed by atoms with Crippen LogP contribution in [0, 0.1) is 13.8 Å². The van der Waals surface area contributed by atoms with Crippen LogP contribution in [0.1, 0.15) is 22.4 Å². The fourth-order valence-corrected chi connectivity index (χ4v) is 1.87. The lowest BCUT2D eigenvalue weighted by Gasteiger charge is -2.02. The second-order valence-electron chi connectivity index (χ2n) is 4.89. The number of aromatic nitrogens is 2. The monoisotopic (exact) mass is 300 g/mol. The second-order valence-corrected chi connectivity index (χ2v) is 4.89. The zero-order valence-electron chi connectivity index (χ0n) is 12.3. The number of H-pyrrole nitrogens is 2. The van der Waals surface area contributed by atoms with Gasteiger partial charge < -0.3 is 4.98 Å². The Morgan fingerprint density at radius 1 is 1.18 bits per heavy atom. The van der Waals surface area contributed by atoms with Crippen molar-refractivity contribution in [3.63, 3.8) is 0 Å². The van der Waals surface area contributed by atoms with Crippen LogP contribution in [0.3, 0.4) is 0 Å². The number of rotatable bonds is 4. The van der Waals surface area contributed by atoms with Crippen LogP contribution in [0.4, 0.5) is 0 Å². The molecular formula is C15H16N4O3. The third kappa shape index (κ3) is 4.02. The van der Waals surface area contributed by atoms with E-state index in [1.165, 1.54) is 6.21 Å². The van der Waals surface area contributed by atoms with Crippen molar-refractivity contribution in [3.8, 4) is 0 Å². The SMILES string of the molecule is Cc1ccc(C=NNC(=O)Cc2c(C)[nH]c(=O)[nH]c2=O)cc1. The summed E-state index contributed by atoms with van der Waals surface area (Å²) < 4.78 is 0. The zero-order chi connectivity index (χ0) is 16.1. The lowest BCUT2D eigenvalue weighted by Crippen LogP contribution is -2.30. The van der Waals surface area contributed by atoms with Crippen LogP contribution in [0.5, 0.6) is 0 Å². The van der Waals surface area contributed by atoms with Crippen LogP contribution in [-0.4, -0.2) is 22.1 Å². The molecular weight excluding hydrogens is 284 g/mol. The molecule has 0 saturated carbocycles. The summed E-state index contributed by atoms with van der Waals surface area (Å²) in [5.41, 5.74) is 3.75. The standard InChI is InChI=1S/C15H16N4O3/c1-9-3-5-11(6-4-9)8-16-19-13(20)7-12-10(2)17-15(22)18-14(12)21/h3-6,8H,7H2,1-2H3,(H,19,20)(H2,17,18,21,22). The number of nitrogens with zero attached hydrogens (tertiary/aromatic N) is 1. The number of hydrogen-bond acceptors (Lipinski definition) is 4. The van der Waals surface area contributed by atoms with E-state index in [-0.39, 0.29) is 12.0 Å². The van der Waals surface area contributed by atoms with E-state index in [1.54, 1.807) is 6.92 Å². The summed E-state index contributed by atoms with van der Waals surface area (Å²) in [6, 6.07) is 7.63. The van der Waals surface area contributed by atoms with E-state index in [4.69, 9.17) is 0 Å². The van der Waals surface area contributed by atoms with Crippen molar-refractivity contribution in [2.45, 2.75) is 20.3 Å². The average Bonchev–Trinajstić information content (AvgIpc) is 2.45. The van der Waals surface area contributed by atoms with E-state index in [1.807, 2.05) is 31.2 Å². The Bertz CT molecular complexity index is 816. The normalized spacial score (nSPS) is 10.8. The number of carbonyl (C=O) groups excluding carboxylic acids is 1. The number of amides is 1. The lowest BCUT2D eigenvalue weighted by molar-refractivity contribution is -0.120. The van der Waals surface area contributed by atoms with Gasteiger partial charge in [-0.1, -0.05) is 29.8 Å². The highest BCUT2D eigenvalue weighted by atomic mass is 16.2. The zero-order valence-corrected chi connectivity index (χ0v) is 12.3. The summed E-state index contributed by atoms with van der Waals surface area (Å²) in [6.45, 7) is 3.54. The van der Waals surface area contributed by atoms with Gasteiger partial charge >= 0.3 is 5.69 Å². The highest BCUT2D eigenvalue weighted by Gasteiger charge is 2.10. The van der Waals surface area contributed by atoms with Gasteiger partial charge in [0.25, 0.3) is 5.56 Å². The first-order valence-electron chi connectivity index (χ1n) is 6.66. The van der Waals surface area contributed by atoms with E-state index in [0.29, 0.717) is 5.69 Å². The second kappa shape index (κ2) is 6.66. The molecule has 0 bridgehead atoms. The Morgan fingerprint density at radius 3 is 2.50 bits per heavy atom. The van der Waals surface area contributed by atoms with E-state index < -0.39 is 17.2 Å². The predicted molar refractivity (Wildman–Crippen MR) is 83.0 cm³/mol. The Balaban J connectivity index is 2.00. The van der Waals surface area contributed by atoms with Gasteiger partial charge in [0.1, 0.15) is 0 Å². The highest BCUT2D eigenvalue weighted by Crippen LogP contribution is 2.00. The maximum absolute atomic E-state index is 11.8. The minimum absolute atomic E-state index is 0.164. The third-order valence-electron chi connectivity index (χ3n) is 3.07. The number of benzene rings is 1. The first kappa shape index (κ1) is 15.4. The van der Waals surface area contributed by atoms with Crippen LogP contribution in [0.15, 0.2) is 39.0 Å². The van der Waals surface area contributed by atoms with E-state index in [9.17, 15) is 14.4 Å². The van der Waals surface area contributed by atoms with Crippen LogP contribution < -0.4 is 16.7 Å². The van der Waals surface area contributed by atoms with Crippen molar-refractivity contribution in [2.24, 2.45) is 5.10 Å². The molecule has 1 aromatic carbocycles. The topological polar surface area (TPSA) is 107 Å². The molecule has 3 N–H and O–H groups in total. The lowest BCUT2D eigenvalue weighted by atomic mass is 10.1. The molecule has 0 spiro atoms. The van der Waals surface area contributed by atoms with Gasteiger partial charge in [-0.3, -0.25) is 14.6 Å². The smallest absolute Gasteiger partial charge is 0.311 e. The molecule has 22 heavy (non-hydrogen) atoms. The molecule has 0 saturated heterocycles. The quantitative estimate of drug-likeness (QED) is 0.561. The van der Waals surface area contributed by atoms with Gasteiger partial charge in [-0.05, 0) is 19.4 Å². The number of hydrogen-bond donors (Lipinski definition) is 3. The number of aromatic amines is 2. The summed E-state index contributed by atoms with van der Waals surface area (Å²) >= 11 is 0. The first-order valence-corrected chi connectivity index (χ1v) is 6.66. The molecule has 1 heterocycles. The van der Waals surface area contributed by atoms with Gasteiger partial charge in [0.15, 0.2) is 0 Å². The Morgan fingerprint density at radius 2 is 1.86 bits per heavy atom. The first-order chi connectivity index (χ1) is 10.5. The molecule has 1 aromatic heterocycles. The maximum Gasteiger partial charge on any atom is 0.325 e. The van der Waals surface area contributed by atoms with Crippen LogP contribution in [0.25, 0.3) is 0 Å². The van der Waals surface area contributed by atoms with Crippen molar-refractivity contribution in [3.05, 3.63) is 67.5 Å². The molecule has 2 aromatic rings. The Labute approximate surface area is 126 Å². The fourth-order valence-electron chi connectivity index (χ4n) is 1.87. The molecule has 0 aliphatic heterocycles. The van der Waals surface area contributed by atoms with Gasteiger partial charge in [0.2, 0.25) is 5.91 Å². The summed E-state index contributed by atoms with van der Waals surface area (Å²) in [5.74, 6) is -0.441. The summed E-state index contributed by atoms with van der Waals surface area (Å²) in [5, 5.41) is 3.84. The molecule has 0 fully saturated rings. The van der Waals surface area contributed by atoms with Crippen molar-refractivity contribution in [2.75, 3.05) is 0 Å². The molecule has 7 heteroatoms. The fraction of sp³-hybridized carbons (Fsp3) is 0.200. The molecule has 1 amide bonds. The van der Waals surface area contributed by atoms with Crippen LogP contribution >= 0.6 is 0 Å². The summed E-state index contributed by atoms with van der Waals surface area (Å²) in [6.07, 6.45) is 1.35. The van der Waals surface area contributed by atoms with E-state index in [2.05, 4.69) is 20.5 Å². The van der Waals surface area contributed by atoms with Crippen molar-refractivity contribution < 1.29 is 4.79 Å². The number of nitrogens with one attached hydrogen (secondary N) is 3. The third-order valence-corrected chi connectivity index (χ3v) is 3.07. The van der Waals surface area contributed by atoms with Crippen molar-refractivity contribution in [1.29, 1.82) is 0 Å². The average molecular weight is 300 g/mol. The molecule has 0 radical (unpaired) electrons. The Kier molecular flexibility index (Phi) is 4.67. The number of aryl methyl sites for hydroxylation is 2. The molecule has 114 valence electrons. The molecule has 0 unspecified atom stereocenters. The predicted octanol–water partition coefficient (Wildman–Crippen LogP) is 0.373. The summed E-state index contributed by atoms with van der Waals surface area (Å²) in [4.78, 5) is 39.0. The molecule has 0 aliphatic rings. The Hall–Kier alpha value is -2.96. The van der Waals surface area contributed by atoms with Gasteiger partial charge in [-0.25, -0.2) is 10.2 Å². The van der Waals surface area contributed by atoms with Gasteiger partial charge in [0, 0.05) is 11.3 Å². The summed E-state index contributed by atoms with van der Waals surface area (Å²) in [7, 11) is 0. The van der Waals surface area contributed by atoms with Gasteiger partial charge in [0.05, 0.1) is 12.6 Å². The van der Waals surface area contributed by atoms with E-state index in [0.717, 1.165) is 11.1 Å². The minimum atomic E-state index is -0.593.